The van der Waals surface area contributed by atoms with Crippen molar-refractivity contribution in [3.05, 3.63) is 35.9 Å². The number of ether oxygens (including phenoxy) is 2. The van der Waals surface area contributed by atoms with Gasteiger partial charge in [-0.15, -0.1) is 0 Å². The summed E-state index contributed by atoms with van der Waals surface area (Å²) in [4.78, 5) is 14.2. The zero-order valence-electron chi connectivity index (χ0n) is 11.6. The Morgan fingerprint density at radius 2 is 2.10 bits per heavy atom. The zero-order valence-corrected chi connectivity index (χ0v) is 11.6. The van der Waals surface area contributed by atoms with Gasteiger partial charge in [0.2, 0.25) is 5.91 Å². The number of nitrogens with one attached hydrogen (secondary N) is 1. The predicted molar refractivity (Wildman–Crippen MR) is 74.1 cm³/mol. The van der Waals surface area contributed by atoms with Crippen LogP contribution in [0.25, 0.3) is 0 Å². The fraction of sp³-hybridized carbons (Fsp3) is 0.533. The van der Waals surface area contributed by atoms with Gasteiger partial charge in [0, 0.05) is 0 Å². The number of carbonyl (C=O) groups is 1. The number of carbonyl (C=O) groups excluding carboxylic acids is 1. The molecule has 1 N–H and O–H groups in total. The van der Waals surface area contributed by atoms with Crippen LogP contribution in [0.15, 0.2) is 30.3 Å². The van der Waals surface area contributed by atoms with E-state index in [0.29, 0.717) is 26.4 Å². The van der Waals surface area contributed by atoms with Crippen molar-refractivity contribution >= 4 is 5.91 Å². The monoisotopic (exact) mass is 276 g/mol. The molecule has 2 saturated heterocycles. The number of hydrogen-bond acceptors (Lipinski definition) is 4. The quantitative estimate of drug-likeness (QED) is 0.892. The van der Waals surface area contributed by atoms with Gasteiger partial charge in [0.1, 0.15) is 6.17 Å². The smallest absolute Gasteiger partial charge is 0.241 e. The molecule has 5 nitrogen and oxygen atoms in total. The predicted octanol–water partition coefficient (Wildman–Crippen LogP) is 0.921. The van der Waals surface area contributed by atoms with Crippen LogP contribution >= 0.6 is 0 Å². The van der Waals surface area contributed by atoms with E-state index in [1.165, 1.54) is 0 Å². The van der Waals surface area contributed by atoms with Crippen molar-refractivity contribution in [2.24, 2.45) is 0 Å². The van der Waals surface area contributed by atoms with E-state index in [-0.39, 0.29) is 24.2 Å². The van der Waals surface area contributed by atoms with E-state index >= 15 is 0 Å². The average Bonchev–Trinajstić information content (AvgIpc) is 2.78. The lowest BCUT2D eigenvalue weighted by molar-refractivity contribution is -0.137. The third kappa shape index (κ3) is 2.70. The Morgan fingerprint density at radius 1 is 1.30 bits per heavy atom. The van der Waals surface area contributed by atoms with E-state index in [9.17, 15) is 4.79 Å². The van der Waals surface area contributed by atoms with Gasteiger partial charge in [0.25, 0.3) is 0 Å². The molecule has 0 spiro atoms. The Balaban J connectivity index is 1.76. The maximum atomic E-state index is 12.3. The van der Waals surface area contributed by atoms with Crippen molar-refractivity contribution < 1.29 is 14.3 Å². The number of benzene rings is 1. The Kier molecular flexibility index (Phi) is 4.00. The average molecular weight is 276 g/mol. The van der Waals surface area contributed by atoms with Crippen LogP contribution in [0.5, 0.6) is 0 Å². The molecule has 3 atom stereocenters. The van der Waals surface area contributed by atoms with Crippen LogP contribution in [0.3, 0.4) is 0 Å². The summed E-state index contributed by atoms with van der Waals surface area (Å²) in [6, 6.07) is 9.87. The van der Waals surface area contributed by atoms with Crippen LogP contribution in [0, 0.1) is 0 Å². The second-order valence-corrected chi connectivity index (χ2v) is 5.26. The van der Waals surface area contributed by atoms with E-state index in [2.05, 4.69) is 5.32 Å². The highest BCUT2D eigenvalue weighted by Gasteiger charge is 2.38. The normalized spacial score (nSPS) is 30.8. The van der Waals surface area contributed by atoms with Crippen LogP contribution in [-0.2, 0) is 14.3 Å². The summed E-state index contributed by atoms with van der Waals surface area (Å²) < 4.78 is 11.1. The molecule has 3 rings (SSSR count). The number of amides is 1. The van der Waals surface area contributed by atoms with E-state index in [1.54, 1.807) is 0 Å². The number of hydrogen-bond donors (Lipinski definition) is 1. The first-order valence-corrected chi connectivity index (χ1v) is 7.06. The first kappa shape index (κ1) is 13.5. The summed E-state index contributed by atoms with van der Waals surface area (Å²) in [6.45, 7) is 4.26. The van der Waals surface area contributed by atoms with Gasteiger partial charge in [0.05, 0.1) is 38.5 Å². The van der Waals surface area contributed by atoms with Crippen LogP contribution in [0.4, 0.5) is 0 Å². The molecule has 2 aliphatic rings. The molecule has 0 aliphatic carbocycles. The van der Waals surface area contributed by atoms with Crippen LogP contribution in [-0.4, -0.2) is 49.3 Å². The molecular formula is C15H20N2O3. The van der Waals surface area contributed by atoms with Crippen molar-refractivity contribution in [1.82, 2.24) is 10.2 Å². The fourth-order valence-corrected chi connectivity index (χ4v) is 2.74. The van der Waals surface area contributed by atoms with Crippen LogP contribution in [0.2, 0.25) is 0 Å². The van der Waals surface area contributed by atoms with E-state index in [4.69, 9.17) is 9.47 Å². The highest BCUT2D eigenvalue weighted by molar-refractivity contribution is 5.84. The SMILES string of the molecule is CC1NC(c2ccccc2)N(CC2COCCO2)C1=O. The van der Waals surface area contributed by atoms with Crippen molar-refractivity contribution in [2.45, 2.75) is 25.2 Å². The lowest BCUT2D eigenvalue weighted by Crippen LogP contribution is -2.42. The van der Waals surface area contributed by atoms with Crippen molar-refractivity contribution in [2.75, 3.05) is 26.4 Å². The molecule has 5 heteroatoms. The van der Waals surface area contributed by atoms with Crippen molar-refractivity contribution in [3.8, 4) is 0 Å². The molecule has 1 amide bonds. The number of nitrogens with zero attached hydrogens (tertiary/aromatic N) is 1. The third-order valence-corrected chi connectivity index (χ3v) is 3.77. The van der Waals surface area contributed by atoms with Gasteiger partial charge in [-0.1, -0.05) is 30.3 Å². The molecule has 0 aromatic heterocycles. The van der Waals surface area contributed by atoms with Crippen LogP contribution in [0.1, 0.15) is 18.7 Å². The minimum absolute atomic E-state index is 0.0361. The first-order chi connectivity index (χ1) is 9.75. The van der Waals surface area contributed by atoms with Gasteiger partial charge < -0.3 is 14.4 Å². The summed E-state index contributed by atoms with van der Waals surface area (Å²) >= 11 is 0. The maximum absolute atomic E-state index is 12.3. The molecule has 2 aliphatic heterocycles. The molecule has 0 bridgehead atoms. The van der Waals surface area contributed by atoms with Gasteiger partial charge in [-0.05, 0) is 12.5 Å². The van der Waals surface area contributed by atoms with Gasteiger partial charge in [-0.2, -0.15) is 0 Å². The highest BCUT2D eigenvalue weighted by atomic mass is 16.6. The van der Waals surface area contributed by atoms with Gasteiger partial charge in [-0.3, -0.25) is 10.1 Å². The van der Waals surface area contributed by atoms with Gasteiger partial charge in [-0.25, -0.2) is 0 Å². The second kappa shape index (κ2) is 5.91. The minimum atomic E-state index is -0.162. The summed E-state index contributed by atoms with van der Waals surface area (Å²) in [5.74, 6) is 0.119. The number of rotatable bonds is 3. The Morgan fingerprint density at radius 3 is 2.80 bits per heavy atom. The molecule has 1 aromatic rings. The molecule has 3 unspecified atom stereocenters. The van der Waals surface area contributed by atoms with Crippen LogP contribution < -0.4 is 5.32 Å². The summed E-state index contributed by atoms with van der Waals surface area (Å²) in [5.41, 5.74) is 1.10. The molecule has 1 aromatic carbocycles. The Hall–Kier alpha value is -1.43. The minimum Gasteiger partial charge on any atom is -0.376 e. The summed E-state index contributed by atoms with van der Waals surface area (Å²) in [6.07, 6.45) is -0.116. The van der Waals surface area contributed by atoms with Crippen molar-refractivity contribution in [1.29, 1.82) is 0 Å². The Bertz CT molecular complexity index is 459. The molecule has 0 radical (unpaired) electrons. The van der Waals surface area contributed by atoms with E-state index in [1.807, 2.05) is 42.2 Å². The lowest BCUT2D eigenvalue weighted by Gasteiger charge is -2.30. The second-order valence-electron chi connectivity index (χ2n) is 5.26. The zero-order chi connectivity index (χ0) is 13.9. The van der Waals surface area contributed by atoms with Gasteiger partial charge >= 0.3 is 0 Å². The molecule has 2 heterocycles. The molecular weight excluding hydrogens is 256 g/mol. The maximum Gasteiger partial charge on any atom is 0.241 e. The molecule has 0 saturated carbocycles. The van der Waals surface area contributed by atoms with Gasteiger partial charge in [0.15, 0.2) is 0 Å². The fourth-order valence-electron chi connectivity index (χ4n) is 2.74. The topological polar surface area (TPSA) is 50.8 Å². The lowest BCUT2D eigenvalue weighted by atomic mass is 10.1. The summed E-state index contributed by atoms with van der Waals surface area (Å²) in [7, 11) is 0. The van der Waals surface area contributed by atoms with E-state index in [0.717, 1.165) is 5.56 Å². The Labute approximate surface area is 118 Å². The summed E-state index contributed by atoms with van der Waals surface area (Å²) in [5, 5.41) is 3.34. The molecule has 108 valence electrons. The standard InChI is InChI=1S/C15H20N2O3/c1-11-15(18)17(9-13-10-19-7-8-20-13)14(16-11)12-5-3-2-4-6-12/h2-6,11,13-14,16H,7-10H2,1H3. The van der Waals surface area contributed by atoms with E-state index < -0.39 is 0 Å². The molecule has 20 heavy (non-hydrogen) atoms. The molecule has 2 fully saturated rings. The largest absolute Gasteiger partial charge is 0.376 e. The van der Waals surface area contributed by atoms with Crippen molar-refractivity contribution in [3.63, 3.8) is 0 Å². The first-order valence-electron chi connectivity index (χ1n) is 7.06. The third-order valence-electron chi connectivity index (χ3n) is 3.77. The highest BCUT2D eigenvalue weighted by Crippen LogP contribution is 2.25.